The van der Waals surface area contributed by atoms with Crippen molar-refractivity contribution in [1.29, 1.82) is 0 Å². The van der Waals surface area contributed by atoms with Crippen molar-refractivity contribution < 1.29 is 9.69 Å². The van der Waals surface area contributed by atoms with Crippen molar-refractivity contribution in [2.75, 3.05) is 37.7 Å². The summed E-state index contributed by atoms with van der Waals surface area (Å²) in [5.41, 5.74) is 3.55. The van der Waals surface area contributed by atoms with Gasteiger partial charge in [-0.25, -0.2) is 0 Å². The fourth-order valence-electron chi connectivity index (χ4n) is 3.73. The van der Waals surface area contributed by atoms with Gasteiger partial charge in [0.2, 0.25) is 0 Å². The first-order valence-electron chi connectivity index (χ1n) is 9.79. The van der Waals surface area contributed by atoms with Crippen LogP contribution in [0.15, 0.2) is 54.6 Å². The molecule has 0 aromatic heterocycles. The molecule has 5 heteroatoms. The summed E-state index contributed by atoms with van der Waals surface area (Å²) >= 11 is 4.05. The van der Waals surface area contributed by atoms with Crippen molar-refractivity contribution in [1.82, 2.24) is 4.90 Å². The average molecular weight is 400 g/mol. The molecule has 0 atom stereocenters. The van der Waals surface area contributed by atoms with Crippen molar-refractivity contribution >= 4 is 29.4 Å². The summed E-state index contributed by atoms with van der Waals surface area (Å²) < 4.78 is 0.535. The number of quaternary nitrogens is 1. The molecule has 2 saturated heterocycles. The summed E-state index contributed by atoms with van der Waals surface area (Å²) in [5, 5.41) is 0. The Balaban J connectivity index is 1.31. The number of piperazine rings is 1. The molecule has 3 nitrogen and oxygen atoms in total. The molecule has 0 radical (unpaired) electrons. The Labute approximate surface area is 170 Å². The average Bonchev–Trinajstić information content (AvgIpc) is 2.75. The second-order valence-electron chi connectivity index (χ2n) is 7.25. The summed E-state index contributed by atoms with van der Waals surface area (Å²) in [5.74, 6) is 2.67. The lowest BCUT2D eigenvalue weighted by Gasteiger charge is -2.32. The molecule has 0 bridgehead atoms. The minimum Gasteiger partial charge on any atom is -0.328 e. The lowest BCUT2D eigenvalue weighted by atomic mass is 10.1. The molecule has 1 N–H and O–H groups in total. The maximum atomic E-state index is 12.9. The predicted molar refractivity (Wildman–Crippen MR) is 115 cm³/mol. The number of hydrogen-bond acceptors (Lipinski definition) is 3. The number of rotatable bonds is 4. The van der Waals surface area contributed by atoms with Crippen LogP contribution >= 0.6 is 23.5 Å². The molecule has 142 valence electrons. The van der Waals surface area contributed by atoms with Gasteiger partial charge < -0.3 is 9.80 Å². The second-order valence-corrected chi connectivity index (χ2v) is 9.98. The highest BCUT2D eigenvalue weighted by Gasteiger charge is 2.25. The van der Waals surface area contributed by atoms with Crippen molar-refractivity contribution in [2.24, 2.45) is 0 Å². The Kier molecular flexibility index (Phi) is 6.43. The van der Waals surface area contributed by atoms with Gasteiger partial charge in [-0.2, -0.15) is 0 Å². The zero-order valence-electron chi connectivity index (χ0n) is 15.6. The van der Waals surface area contributed by atoms with Crippen LogP contribution in [0.4, 0.5) is 0 Å². The molecule has 0 spiro atoms. The van der Waals surface area contributed by atoms with Gasteiger partial charge in [0, 0.05) is 11.1 Å². The molecule has 0 unspecified atom stereocenters. The maximum absolute atomic E-state index is 12.9. The zero-order valence-corrected chi connectivity index (χ0v) is 17.2. The molecule has 27 heavy (non-hydrogen) atoms. The van der Waals surface area contributed by atoms with E-state index in [1.807, 2.05) is 40.6 Å². The quantitative estimate of drug-likeness (QED) is 0.855. The fraction of sp³-hybridized carbons (Fsp3) is 0.409. The highest BCUT2D eigenvalue weighted by atomic mass is 32.2. The summed E-state index contributed by atoms with van der Waals surface area (Å²) in [6, 6.07) is 19.0. The van der Waals surface area contributed by atoms with E-state index in [4.69, 9.17) is 0 Å². The Bertz CT molecular complexity index is 737. The van der Waals surface area contributed by atoms with Gasteiger partial charge >= 0.3 is 0 Å². The minimum atomic E-state index is 0.185. The van der Waals surface area contributed by atoms with Crippen LogP contribution in [0, 0.1) is 0 Å². The van der Waals surface area contributed by atoms with Crippen molar-refractivity contribution in [2.45, 2.75) is 17.5 Å². The van der Waals surface area contributed by atoms with E-state index < -0.39 is 0 Å². The summed E-state index contributed by atoms with van der Waals surface area (Å²) in [6.07, 6.45) is 1.31. The topological polar surface area (TPSA) is 24.8 Å². The summed E-state index contributed by atoms with van der Waals surface area (Å²) in [6.45, 7) is 4.78. The Morgan fingerprint density at radius 1 is 0.963 bits per heavy atom. The van der Waals surface area contributed by atoms with Gasteiger partial charge in [-0.1, -0.05) is 42.5 Å². The molecule has 4 rings (SSSR count). The largest absolute Gasteiger partial charge is 0.328 e. The van der Waals surface area contributed by atoms with Crippen LogP contribution in [0.2, 0.25) is 0 Å². The van der Waals surface area contributed by atoms with Gasteiger partial charge in [-0.15, -0.1) is 23.5 Å². The van der Waals surface area contributed by atoms with Gasteiger partial charge in [-0.05, 0) is 35.6 Å². The van der Waals surface area contributed by atoms with E-state index in [1.165, 1.54) is 29.1 Å². The van der Waals surface area contributed by atoms with Crippen molar-refractivity contribution in [3.8, 4) is 0 Å². The van der Waals surface area contributed by atoms with Crippen LogP contribution < -0.4 is 4.90 Å². The van der Waals surface area contributed by atoms with Crippen LogP contribution in [-0.2, 0) is 6.54 Å². The standard InChI is InChI=1S/C22H26N2OS2/c25-21(19-7-9-20(10-8-19)22-26-15-4-16-27-22)24-13-11-23(12-14-24)17-18-5-2-1-3-6-18/h1-3,5-10,22H,4,11-17H2/p+1. The van der Waals surface area contributed by atoms with E-state index >= 15 is 0 Å². The molecular weight excluding hydrogens is 372 g/mol. The number of nitrogens with zero attached hydrogens (tertiary/aromatic N) is 1. The lowest BCUT2D eigenvalue weighted by Crippen LogP contribution is -3.13. The third-order valence-electron chi connectivity index (χ3n) is 5.31. The van der Waals surface area contributed by atoms with Crippen LogP contribution in [-0.4, -0.2) is 48.5 Å². The number of amides is 1. The maximum Gasteiger partial charge on any atom is 0.254 e. The Morgan fingerprint density at radius 3 is 2.30 bits per heavy atom. The molecule has 2 fully saturated rings. The monoisotopic (exact) mass is 399 g/mol. The van der Waals surface area contributed by atoms with E-state index in [2.05, 4.69) is 42.5 Å². The Morgan fingerprint density at radius 2 is 1.63 bits per heavy atom. The fourth-order valence-corrected chi connectivity index (χ4v) is 6.63. The number of thioether (sulfide) groups is 2. The zero-order chi connectivity index (χ0) is 18.5. The first kappa shape index (κ1) is 18.9. The van der Waals surface area contributed by atoms with Crippen LogP contribution in [0.5, 0.6) is 0 Å². The number of carbonyl (C=O) groups excluding carboxylic acids is 1. The molecule has 2 aliphatic rings. The number of benzene rings is 2. The number of carbonyl (C=O) groups is 1. The van der Waals surface area contributed by atoms with Crippen LogP contribution in [0.25, 0.3) is 0 Å². The highest BCUT2D eigenvalue weighted by molar-refractivity contribution is 8.16. The summed E-state index contributed by atoms with van der Waals surface area (Å²) in [4.78, 5) is 16.4. The third kappa shape index (κ3) is 4.89. The van der Waals surface area contributed by atoms with E-state index in [1.54, 1.807) is 4.90 Å². The molecule has 2 aliphatic heterocycles. The van der Waals surface area contributed by atoms with E-state index in [0.717, 1.165) is 38.3 Å². The van der Waals surface area contributed by atoms with Gasteiger partial charge in [0.25, 0.3) is 5.91 Å². The molecule has 2 heterocycles. The van der Waals surface area contributed by atoms with Gasteiger partial charge in [-0.3, -0.25) is 4.79 Å². The van der Waals surface area contributed by atoms with Gasteiger partial charge in [0.05, 0.1) is 30.8 Å². The number of hydrogen-bond donors (Lipinski definition) is 1. The van der Waals surface area contributed by atoms with Gasteiger partial charge in [0.1, 0.15) is 6.54 Å². The van der Waals surface area contributed by atoms with Gasteiger partial charge in [0.15, 0.2) is 0 Å². The Hall–Kier alpha value is -1.43. The smallest absolute Gasteiger partial charge is 0.254 e. The normalized spacial score (nSPS) is 19.2. The van der Waals surface area contributed by atoms with Crippen LogP contribution in [0.1, 0.15) is 32.5 Å². The summed E-state index contributed by atoms with van der Waals surface area (Å²) in [7, 11) is 0. The SMILES string of the molecule is O=C(c1ccc(C2SCCCS2)cc1)N1CC[NH+](Cc2ccccc2)CC1. The number of nitrogens with one attached hydrogen (secondary N) is 1. The van der Waals surface area contributed by atoms with Crippen molar-refractivity contribution in [3.05, 3.63) is 71.3 Å². The van der Waals surface area contributed by atoms with E-state index in [9.17, 15) is 4.79 Å². The molecular formula is C22H27N2OS2+. The van der Waals surface area contributed by atoms with Crippen LogP contribution in [0.3, 0.4) is 0 Å². The molecule has 2 aromatic carbocycles. The first-order valence-corrected chi connectivity index (χ1v) is 11.9. The first-order chi connectivity index (χ1) is 13.3. The second kappa shape index (κ2) is 9.18. The molecule has 0 saturated carbocycles. The molecule has 1 amide bonds. The predicted octanol–water partition coefficient (Wildman–Crippen LogP) is 3.10. The molecule has 0 aliphatic carbocycles. The third-order valence-corrected chi connectivity index (χ3v) is 8.33. The molecule has 2 aromatic rings. The van der Waals surface area contributed by atoms with E-state index in [0.29, 0.717) is 4.58 Å². The van der Waals surface area contributed by atoms with E-state index in [-0.39, 0.29) is 5.91 Å². The minimum absolute atomic E-state index is 0.185. The lowest BCUT2D eigenvalue weighted by molar-refractivity contribution is -0.917. The van der Waals surface area contributed by atoms with Crippen molar-refractivity contribution in [3.63, 3.8) is 0 Å². The highest BCUT2D eigenvalue weighted by Crippen LogP contribution is 2.43.